The molecule has 0 aliphatic carbocycles. The van der Waals surface area contributed by atoms with Crippen molar-refractivity contribution >= 4 is 23.1 Å². The topological polar surface area (TPSA) is 107 Å². The molecular formula is C9H11N5O2. The summed E-state index contributed by atoms with van der Waals surface area (Å²) in [6.45, 7) is 0.555. The second-order valence-corrected chi connectivity index (χ2v) is 3.37. The van der Waals surface area contributed by atoms with Crippen LogP contribution >= 0.6 is 0 Å². The van der Waals surface area contributed by atoms with Gasteiger partial charge in [-0.05, 0) is 6.42 Å². The van der Waals surface area contributed by atoms with Gasteiger partial charge < -0.3 is 15.4 Å². The van der Waals surface area contributed by atoms with Gasteiger partial charge in [-0.3, -0.25) is 4.79 Å². The van der Waals surface area contributed by atoms with E-state index in [-0.39, 0.29) is 12.4 Å². The maximum atomic E-state index is 10.4. The van der Waals surface area contributed by atoms with Crippen molar-refractivity contribution in [3.05, 3.63) is 12.5 Å². The lowest BCUT2D eigenvalue weighted by Crippen LogP contribution is -2.03. The summed E-state index contributed by atoms with van der Waals surface area (Å²) in [5.41, 5.74) is 6.77. The maximum absolute atomic E-state index is 10.4. The van der Waals surface area contributed by atoms with E-state index in [4.69, 9.17) is 10.8 Å². The van der Waals surface area contributed by atoms with E-state index < -0.39 is 5.97 Å². The average Bonchev–Trinajstić information content (AvgIpc) is 2.60. The molecule has 0 aliphatic heterocycles. The Balaban J connectivity index is 2.17. The molecule has 2 aromatic heterocycles. The highest BCUT2D eigenvalue weighted by Crippen LogP contribution is 2.10. The molecule has 84 valence electrons. The van der Waals surface area contributed by atoms with Gasteiger partial charge in [0, 0.05) is 13.0 Å². The highest BCUT2D eigenvalue weighted by Gasteiger charge is 2.05. The third kappa shape index (κ3) is 2.08. The number of carboxylic acids is 1. The zero-order chi connectivity index (χ0) is 11.5. The number of anilines is 1. The quantitative estimate of drug-likeness (QED) is 0.767. The number of aliphatic carboxylic acids is 1. The van der Waals surface area contributed by atoms with Gasteiger partial charge >= 0.3 is 5.97 Å². The van der Waals surface area contributed by atoms with Gasteiger partial charge in [0.15, 0.2) is 5.65 Å². The van der Waals surface area contributed by atoms with E-state index in [1.54, 1.807) is 17.1 Å². The molecule has 16 heavy (non-hydrogen) atoms. The van der Waals surface area contributed by atoms with Crippen LogP contribution in [0, 0.1) is 0 Å². The molecule has 0 aromatic carbocycles. The van der Waals surface area contributed by atoms with Crippen LogP contribution in [0.2, 0.25) is 0 Å². The Morgan fingerprint density at radius 2 is 2.31 bits per heavy atom. The first-order valence-electron chi connectivity index (χ1n) is 4.82. The third-order valence-electron chi connectivity index (χ3n) is 2.17. The summed E-state index contributed by atoms with van der Waals surface area (Å²) in [4.78, 5) is 22.3. The van der Waals surface area contributed by atoms with Gasteiger partial charge in [-0.2, -0.15) is 4.98 Å². The van der Waals surface area contributed by atoms with Crippen molar-refractivity contribution < 1.29 is 9.90 Å². The number of carboxylic acid groups (broad SMARTS) is 1. The lowest BCUT2D eigenvalue weighted by Gasteiger charge is -2.01. The summed E-state index contributed by atoms with van der Waals surface area (Å²) in [5, 5.41) is 8.53. The van der Waals surface area contributed by atoms with Crippen molar-refractivity contribution in [2.24, 2.45) is 0 Å². The van der Waals surface area contributed by atoms with Crippen LogP contribution in [0.1, 0.15) is 12.8 Å². The smallest absolute Gasteiger partial charge is 0.303 e. The van der Waals surface area contributed by atoms with Gasteiger partial charge in [-0.25, -0.2) is 9.97 Å². The Kier molecular flexibility index (Phi) is 2.67. The normalized spacial score (nSPS) is 10.8. The molecule has 0 bridgehead atoms. The molecule has 2 rings (SSSR count). The number of carbonyl (C=O) groups is 1. The van der Waals surface area contributed by atoms with Crippen LogP contribution in [0.4, 0.5) is 5.95 Å². The van der Waals surface area contributed by atoms with Crippen LogP contribution in [0.15, 0.2) is 12.5 Å². The molecule has 0 saturated heterocycles. The van der Waals surface area contributed by atoms with E-state index in [0.717, 1.165) is 0 Å². The van der Waals surface area contributed by atoms with Crippen LogP contribution in [0.5, 0.6) is 0 Å². The first-order valence-corrected chi connectivity index (χ1v) is 4.82. The second kappa shape index (κ2) is 4.13. The maximum Gasteiger partial charge on any atom is 0.303 e. The number of aryl methyl sites for hydroxylation is 1. The molecule has 2 aromatic rings. The monoisotopic (exact) mass is 221 g/mol. The number of imidazole rings is 1. The summed E-state index contributed by atoms with van der Waals surface area (Å²) in [6, 6.07) is 0. The van der Waals surface area contributed by atoms with E-state index in [1.165, 1.54) is 0 Å². The number of hydrogen-bond donors (Lipinski definition) is 2. The van der Waals surface area contributed by atoms with E-state index in [9.17, 15) is 4.79 Å². The Morgan fingerprint density at radius 1 is 1.50 bits per heavy atom. The standard InChI is InChI=1S/C9H11N5O2/c10-9-11-4-6-8(13-9)14(5-12-6)3-1-2-7(15)16/h4-5H,1-3H2,(H,15,16)(H2,10,11,13). The van der Waals surface area contributed by atoms with Crippen molar-refractivity contribution in [3.8, 4) is 0 Å². The highest BCUT2D eigenvalue weighted by atomic mass is 16.4. The molecule has 2 heterocycles. The molecule has 7 nitrogen and oxygen atoms in total. The highest BCUT2D eigenvalue weighted by molar-refractivity contribution is 5.70. The fraction of sp³-hybridized carbons (Fsp3) is 0.333. The number of fused-ring (bicyclic) bond motifs is 1. The third-order valence-corrected chi connectivity index (χ3v) is 2.17. The minimum atomic E-state index is -0.807. The predicted molar refractivity (Wildman–Crippen MR) is 56.6 cm³/mol. The van der Waals surface area contributed by atoms with Crippen LogP contribution in [0.3, 0.4) is 0 Å². The van der Waals surface area contributed by atoms with Crippen molar-refractivity contribution in [1.82, 2.24) is 19.5 Å². The fourth-order valence-corrected chi connectivity index (χ4v) is 1.43. The first kappa shape index (κ1) is 10.3. The van der Waals surface area contributed by atoms with Crippen molar-refractivity contribution in [1.29, 1.82) is 0 Å². The number of hydrogen-bond acceptors (Lipinski definition) is 5. The van der Waals surface area contributed by atoms with Gasteiger partial charge in [-0.1, -0.05) is 0 Å². The molecule has 7 heteroatoms. The van der Waals surface area contributed by atoms with Gasteiger partial charge in [-0.15, -0.1) is 0 Å². The average molecular weight is 221 g/mol. The van der Waals surface area contributed by atoms with Crippen LogP contribution in [0.25, 0.3) is 11.2 Å². The fourth-order valence-electron chi connectivity index (χ4n) is 1.43. The van der Waals surface area contributed by atoms with Crippen LogP contribution < -0.4 is 5.73 Å². The first-order chi connectivity index (χ1) is 7.66. The minimum absolute atomic E-state index is 0.125. The summed E-state index contributed by atoms with van der Waals surface area (Å²) >= 11 is 0. The lowest BCUT2D eigenvalue weighted by molar-refractivity contribution is -0.137. The van der Waals surface area contributed by atoms with Gasteiger partial charge in [0.25, 0.3) is 0 Å². The number of rotatable bonds is 4. The second-order valence-electron chi connectivity index (χ2n) is 3.37. The summed E-state index contributed by atoms with van der Waals surface area (Å²) in [7, 11) is 0. The molecule has 0 unspecified atom stereocenters. The Hall–Kier alpha value is -2.18. The molecule has 3 N–H and O–H groups in total. The van der Waals surface area contributed by atoms with Crippen LogP contribution in [-0.2, 0) is 11.3 Å². The summed E-state index contributed by atoms with van der Waals surface area (Å²) < 4.78 is 1.77. The summed E-state index contributed by atoms with van der Waals surface area (Å²) in [5.74, 6) is -0.619. The number of nitrogens with zero attached hydrogens (tertiary/aromatic N) is 4. The minimum Gasteiger partial charge on any atom is -0.481 e. The molecule has 0 spiro atoms. The predicted octanol–water partition coefficient (Wildman–Crippen LogP) is 0.273. The van der Waals surface area contributed by atoms with Crippen molar-refractivity contribution in [2.75, 3.05) is 5.73 Å². The van der Waals surface area contributed by atoms with E-state index in [0.29, 0.717) is 24.1 Å². The van der Waals surface area contributed by atoms with Crippen molar-refractivity contribution in [2.45, 2.75) is 19.4 Å². The van der Waals surface area contributed by atoms with Gasteiger partial charge in [0.2, 0.25) is 5.95 Å². The number of nitrogens with two attached hydrogens (primary N) is 1. The van der Waals surface area contributed by atoms with Crippen LogP contribution in [-0.4, -0.2) is 30.6 Å². The number of aromatic nitrogens is 4. The molecule has 0 saturated carbocycles. The van der Waals surface area contributed by atoms with E-state index in [1.807, 2.05) is 0 Å². The zero-order valence-electron chi connectivity index (χ0n) is 8.50. The van der Waals surface area contributed by atoms with Gasteiger partial charge in [0.05, 0.1) is 12.5 Å². The van der Waals surface area contributed by atoms with E-state index in [2.05, 4.69) is 15.0 Å². The zero-order valence-corrected chi connectivity index (χ0v) is 8.50. The molecule has 0 fully saturated rings. The molecule has 0 atom stereocenters. The largest absolute Gasteiger partial charge is 0.481 e. The summed E-state index contributed by atoms with van der Waals surface area (Å²) in [6.07, 6.45) is 3.82. The Bertz CT molecular complexity index is 522. The molecular weight excluding hydrogens is 210 g/mol. The molecule has 0 radical (unpaired) electrons. The Morgan fingerprint density at radius 3 is 3.06 bits per heavy atom. The lowest BCUT2D eigenvalue weighted by atomic mass is 10.3. The molecule has 0 amide bonds. The van der Waals surface area contributed by atoms with Crippen molar-refractivity contribution in [3.63, 3.8) is 0 Å². The van der Waals surface area contributed by atoms with Gasteiger partial charge in [0.1, 0.15) is 5.52 Å². The Labute approximate surface area is 90.9 Å². The SMILES string of the molecule is Nc1ncc2ncn(CCCC(=O)O)c2n1. The molecule has 0 aliphatic rings. The van der Waals surface area contributed by atoms with E-state index >= 15 is 0 Å². The number of nitrogen functional groups attached to an aromatic ring is 1.